The summed E-state index contributed by atoms with van der Waals surface area (Å²) < 4.78 is 39.8. The number of aromatic nitrogens is 2. The first-order valence-corrected chi connectivity index (χ1v) is 9.17. The van der Waals surface area contributed by atoms with Crippen molar-refractivity contribution in [3.05, 3.63) is 27.9 Å². The van der Waals surface area contributed by atoms with E-state index in [1.54, 1.807) is 24.6 Å². The molecule has 0 radical (unpaired) electrons. The Balaban J connectivity index is 0.000000450. The summed E-state index contributed by atoms with van der Waals surface area (Å²) in [5, 5.41) is 0. The van der Waals surface area contributed by atoms with Crippen LogP contribution in [-0.4, -0.2) is 36.7 Å². The van der Waals surface area contributed by atoms with Crippen LogP contribution in [0.15, 0.2) is 11.0 Å². The van der Waals surface area contributed by atoms with Crippen molar-refractivity contribution in [1.82, 2.24) is 4.57 Å². The quantitative estimate of drug-likeness (QED) is 0.320. The Hall–Kier alpha value is -1.78. The number of esters is 1. The van der Waals surface area contributed by atoms with Gasteiger partial charge in [-0.15, -0.1) is 0 Å². The molecule has 142 valence electrons. The fraction of sp³-hybridized carbons (Fsp3) is 0.667. The van der Waals surface area contributed by atoms with Gasteiger partial charge in [-0.3, -0.25) is 4.18 Å². The normalized spacial score (nSPS) is 16.7. The number of carbonyl (C=O) groups excluding carboxylic acids is 1. The van der Waals surface area contributed by atoms with Crippen molar-refractivity contribution in [2.24, 2.45) is 7.05 Å². The molecule has 9 nitrogen and oxygen atoms in total. The molecule has 1 atom stereocenters. The van der Waals surface area contributed by atoms with Crippen molar-refractivity contribution in [3.8, 4) is 0 Å². The molecular weight excluding hydrogens is 352 g/mol. The number of fused-ring (bicyclic) bond motifs is 1. The lowest BCUT2D eigenvalue weighted by Gasteiger charge is -2.20. The third kappa shape index (κ3) is 5.91. The van der Waals surface area contributed by atoms with E-state index in [0.29, 0.717) is 0 Å². The van der Waals surface area contributed by atoms with Crippen molar-refractivity contribution in [2.45, 2.75) is 52.2 Å². The maximum Gasteiger partial charge on any atom is 0.352 e. The van der Waals surface area contributed by atoms with Crippen LogP contribution in [0.1, 0.15) is 55.8 Å². The zero-order valence-corrected chi connectivity index (χ0v) is 15.8. The highest BCUT2D eigenvalue weighted by molar-refractivity contribution is 7.80. The number of ether oxygens (including phenoxy) is 1. The summed E-state index contributed by atoms with van der Waals surface area (Å²) in [7, 11) is -1.73. The second-order valence-electron chi connectivity index (χ2n) is 6.02. The Bertz CT molecular complexity index is 784. The largest absolute Gasteiger partial charge is 0.726 e. The molecule has 0 saturated heterocycles. The Morgan fingerprint density at radius 1 is 1.44 bits per heavy atom. The Kier molecular flexibility index (Phi) is 7.27. The molecule has 0 saturated carbocycles. The number of aryl methyl sites for hydroxylation is 1. The summed E-state index contributed by atoms with van der Waals surface area (Å²) in [6.07, 6.45) is 4.28. The van der Waals surface area contributed by atoms with E-state index in [1.807, 2.05) is 18.5 Å². The maximum absolute atomic E-state index is 12.4. The van der Waals surface area contributed by atoms with E-state index >= 15 is 0 Å². The molecule has 1 aromatic rings. The fourth-order valence-electron chi connectivity index (χ4n) is 2.59. The van der Waals surface area contributed by atoms with Crippen molar-refractivity contribution < 1.29 is 31.3 Å². The monoisotopic (exact) mass is 376 g/mol. The van der Waals surface area contributed by atoms with Gasteiger partial charge in [-0.1, -0.05) is 0 Å². The molecule has 0 spiro atoms. The van der Waals surface area contributed by atoms with Gasteiger partial charge in [0.1, 0.15) is 12.2 Å². The van der Waals surface area contributed by atoms with Gasteiger partial charge in [0.15, 0.2) is 5.56 Å². The van der Waals surface area contributed by atoms with E-state index in [-0.39, 0.29) is 23.3 Å². The van der Waals surface area contributed by atoms with Crippen LogP contribution in [0.2, 0.25) is 0 Å². The highest BCUT2D eigenvalue weighted by atomic mass is 32.3. The first kappa shape index (κ1) is 21.3. The van der Waals surface area contributed by atoms with Crippen LogP contribution in [0.5, 0.6) is 0 Å². The molecule has 1 unspecified atom stereocenters. The summed E-state index contributed by atoms with van der Waals surface area (Å²) >= 11 is 0. The number of hydrogen-bond donors (Lipinski definition) is 0. The number of carbonyl (C=O) groups is 1. The second kappa shape index (κ2) is 8.54. The van der Waals surface area contributed by atoms with Gasteiger partial charge < -0.3 is 9.29 Å². The Morgan fingerprint density at radius 2 is 2.00 bits per heavy atom. The van der Waals surface area contributed by atoms with E-state index < -0.39 is 16.4 Å². The summed E-state index contributed by atoms with van der Waals surface area (Å²) in [5.74, 6) is 0.438. The summed E-state index contributed by atoms with van der Waals surface area (Å²) in [4.78, 5) is 24.4. The lowest BCUT2D eigenvalue weighted by atomic mass is 10.0. The third-order valence-electron chi connectivity index (χ3n) is 3.69. The minimum absolute atomic E-state index is 0.119. The van der Waals surface area contributed by atoms with E-state index in [1.165, 1.54) is 0 Å². The van der Waals surface area contributed by atoms with Gasteiger partial charge in [0.05, 0.1) is 20.3 Å². The molecular formula is C15H24N2O7S. The van der Waals surface area contributed by atoms with Crippen LogP contribution < -0.4 is 10.1 Å². The van der Waals surface area contributed by atoms with Gasteiger partial charge in [-0.05, 0) is 33.6 Å². The molecule has 1 aliphatic rings. The predicted octanol–water partition coefficient (Wildman–Crippen LogP) is 0.228. The van der Waals surface area contributed by atoms with Crippen molar-refractivity contribution in [1.29, 1.82) is 0 Å². The lowest BCUT2D eigenvalue weighted by molar-refractivity contribution is -0.685. The molecule has 1 aliphatic heterocycles. The molecule has 0 aromatic carbocycles. The molecule has 1 aromatic heterocycles. The minimum atomic E-state index is -4.41. The van der Waals surface area contributed by atoms with Crippen molar-refractivity contribution >= 4 is 16.4 Å². The lowest BCUT2D eigenvalue weighted by Crippen LogP contribution is -2.48. The van der Waals surface area contributed by atoms with Crippen LogP contribution in [0.3, 0.4) is 0 Å². The van der Waals surface area contributed by atoms with Crippen LogP contribution in [0.4, 0.5) is 0 Å². The number of nitrogens with zero attached hydrogens (tertiary/aromatic N) is 2. The van der Waals surface area contributed by atoms with Gasteiger partial charge in [-0.2, -0.15) is 4.57 Å². The highest BCUT2D eigenvalue weighted by Crippen LogP contribution is 2.20. The molecule has 0 fully saturated rings. The van der Waals surface area contributed by atoms with Gasteiger partial charge in [-0.25, -0.2) is 22.6 Å². The second-order valence-corrected chi connectivity index (χ2v) is 7.17. The molecule has 25 heavy (non-hydrogen) atoms. The average Bonchev–Trinajstić information content (AvgIpc) is 2.50. The summed E-state index contributed by atoms with van der Waals surface area (Å²) in [6, 6.07) is 0.134. The molecule has 10 heteroatoms. The molecule has 0 amide bonds. The zero-order valence-electron chi connectivity index (χ0n) is 15.0. The first-order chi connectivity index (χ1) is 11.5. The van der Waals surface area contributed by atoms with Crippen molar-refractivity contribution in [2.75, 3.05) is 7.11 Å². The minimum Gasteiger partial charge on any atom is -0.726 e. The predicted molar refractivity (Wildman–Crippen MR) is 86.8 cm³/mol. The molecule has 2 heterocycles. The fourth-order valence-corrected chi connectivity index (χ4v) is 2.59. The number of hydrogen-bond acceptors (Lipinski definition) is 7. The van der Waals surface area contributed by atoms with Crippen LogP contribution in [0.25, 0.3) is 0 Å². The van der Waals surface area contributed by atoms with Gasteiger partial charge in [0.2, 0.25) is 10.4 Å². The smallest absolute Gasteiger partial charge is 0.352 e. The van der Waals surface area contributed by atoms with Crippen molar-refractivity contribution in [3.63, 3.8) is 0 Å². The Morgan fingerprint density at radius 3 is 2.48 bits per heavy atom. The third-order valence-corrected chi connectivity index (χ3v) is 4.10. The van der Waals surface area contributed by atoms with Crippen LogP contribution in [0, 0.1) is 0 Å². The average molecular weight is 376 g/mol. The van der Waals surface area contributed by atoms with Crippen LogP contribution >= 0.6 is 0 Å². The molecule has 0 aliphatic carbocycles. The van der Waals surface area contributed by atoms with Gasteiger partial charge in [0.25, 0.3) is 5.82 Å². The van der Waals surface area contributed by atoms with E-state index in [9.17, 15) is 22.6 Å². The number of rotatable bonds is 3. The molecule has 0 bridgehead atoms. The molecule has 2 rings (SSSR count). The topological polar surface area (TPSA) is 119 Å². The highest BCUT2D eigenvalue weighted by Gasteiger charge is 2.31. The summed E-state index contributed by atoms with van der Waals surface area (Å²) in [6.45, 7) is 5.56. The van der Waals surface area contributed by atoms with Gasteiger partial charge >= 0.3 is 11.5 Å². The zero-order chi connectivity index (χ0) is 19.4. The summed E-state index contributed by atoms with van der Waals surface area (Å²) in [5.41, 5.74) is -0.111. The van der Waals surface area contributed by atoms with Crippen LogP contribution in [-0.2, 0) is 32.8 Å². The molecule has 0 N–H and O–H groups in total. The van der Waals surface area contributed by atoms with E-state index in [2.05, 4.69) is 4.18 Å². The van der Waals surface area contributed by atoms with E-state index in [0.717, 1.165) is 32.2 Å². The standard InChI is InChI=1S/C14H21N2O3.CH4O4S/c1-9(2)19-14(18)11-8-15(4)12-7-5-6-10(3)16(12)13(11)17;1-5-6(2,3)4/h8-10H,5-7H2,1-4H3;1H3,(H,2,3,4)/q+1;/p-1. The Labute approximate surface area is 147 Å². The van der Waals surface area contributed by atoms with E-state index in [4.69, 9.17) is 4.74 Å². The first-order valence-electron chi connectivity index (χ1n) is 7.84. The van der Waals surface area contributed by atoms with Gasteiger partial charge in [0, 0.05) is 6.42 Å². The SMILES string of the molecule is CC(C)OC(=O)c1c[n+](C)c2n(c1=O)C(C)CCC2.COS(=O)(=O)[O-]. The maximum atomic E-state index is 12.4.